The molecule has 0 radical (unpaired) electrons. The first-order chi connectivity index (χ1) is 10.1. The van der Waals surface area contributed by atoms with Gasteiger partial charge in [-0.25, -0.2) is 4.98 Å². The summed E-state index contributed by atoms with van der Waals surface area (Å²) in [6.07, 6.45) is 0.288. The lowest BCUT2D eigenvalue weighted by Gasteiger charge is -2.06. The standard InChI is InChI=1S/C15H19N3O2S/c1-18(2)9-15-17-12(10-21-15)8-14(19)16-11-4-6-13(20-3)7-5-11/h4-7,10H,8-9H2,1-3H3,(H,16,19). The second-order valence-corrected chi connectivity index (χ2v) is 5.87. The van der Waals surface area contributed by atoms with Crippen molar-refractivity contribution in [2.75, 3.05) is 26.5 Å². The molecule has 1 N–H and O–H groups in total. The molecule has 112 valence electrons. The van der Waals surface area contributed by atoms with Gasteiger partial charge < -0.3 is 15.0 Å². The van der Waals surface area contributed by atoms with Crippen LogP contribution in [0, 0.1) is 0 Å². The summed E-state index contributed by atoms with van der Waals surface area (Å²) in [4.78, 5) is 18.5. The lowest BCUT2D eigenvalue weighted by Crippen LogP contribution is -2.15. The van der Waals surface area contributed by atoms with Gasteiger partial charge in [-0.05, 0) is 38.4 Å². The molecule has 2 aromatic rings. The fourth-order valence-electron chi connectivity index (χ4n) is 1.82. The Hall–Kier alpha value is -1.92. The maximum Gasteiger partial charge on any atom is 0.230 e. The highest BCUT2D eigenvalue weighted by Crippen LogP contribution is 2.16. The lowest BCUT2D eigenvalue weighted by molar-refractivity contribution is -0.115. The van der Waals surface area contributed by atoms with E-state index in [0.717, 1.165) is 28.7 Å². The number of hydrogen-bond acceptors (Lipinski definition) is 5. The normalized spacial score (nSPS) is 10.7. The summed E-state index contributed by atoms with van der Waals surface area (Å²) in [5, 5.41) is 5.81. The first kappa shape index (κ1) is 15.5. The number of nitrogens with zero attached hydrogens (tertiary/aromatic N) is 2. The van der Waals surface area contributed by atoms with E-state index in [4.69, 9.17) is 4.74 Å². The van der Waals surface area contributed by atoms with Gasteiger partial charge in [-0.1, -0.05) is 0 Å². The monoisotopic (exact) mass is 305 g/mol. The first-order valence-electron chi connectivity index (χ1n) is 6.58. The quantitative estimate of drug-likeness (QED) is 0.890. The lowest BCUT2D eigenvalue weighted by atomic mass is 10.2. The van der Waals surface area contributed by atoms with Crippen LogP contribution in [0.2, 0.25) is 0 Å². The van der Waals surface area contributed by atoms with Gasteiger partial charge in [0.25, 0.3) is 0 Å². The minimum atomic E-state index is -0.0677. The maximum absolute atomic E-state index is 12.0. The van der Waals surface area contributed by atoms with Crippen LogP contribution >= 0.6 is 11.3 Å². The number of anilines is 1. The number of methoxy groups -OCH3 is 1. The molecule has 0 spiro atoms. The van der Waals surface area contributed by atoms with E-state index < -0.39 is 0 Å². The van der Waals surface area contributed by atoms with E-state index in [1.165, 1.54) is 0 Å². The van der Waals surface area contributed by atoms with Crippen molar-refractivity contribution in [1.29, 1.82) is 0 Å². The van der Waals surface area contributed by atoms with E-state index in [9.17, 15) is 4.79 Å². The van der Waals surface area contributed by atoms with Gasteiger partial charge in [0.1, 0.15) is 10.8 Å². The van der Waals surface area contributed by atoms with Crippen LogP contribution in [-0.4, -0.2) is 37.0 Å². The van der Waals surface area contributed by atoms with E-state index in [1.807, 2.05) is 43.7 Å². The molecule has 6 heteroatoms. The fourth-order valence-corrected chi connectivity index (χ4v) is 2.73. The first-order valence-corrected chi connectivity index (χ1v) is 7.46. The van der Waals surface area contributed by atoms with Crippen LogP contribution in [0.3, 0.4) is 0 Å². The summed E-state index contributed by atoms with van der Waals surface area (Å²) in [5.41, 5.74) is 1.56. The molecule has 0 unspecified atom stereocenters. The summed E-state index contributed by atoms with van der Waals surface area (Å²) in [5.74, 6) is 0.697. The fraction of sp³-hybridized carbons (Fsp3) is 0.333. The molecule has 0 fully saturated rings. The van der Waals surface area contributed by atoms with Crippen molar-refractivity contribution in [2.24, 2.45) is 0 Å². The smallest absolute Gasteiger partial charge is 0.230 e. The highest BCUT2D eigenvalue weighted by atomic mass is 32.1. The molecule has 1 aromatic carbocycles. The molecule has 0 saturated heterocycles. The number of nitrogens with one attached hydrogen (secondary N) is 1. The van der Waals surface area contributed by atoms with E-state index in [0.29, 0.717) is 0 Å². The molecule has 1 aromatic heterocycles. The number of hydrogen-bond donors (Lipinski definition) is 1. The van der Waals surface area contributed by atoms with Crippen LogP contribution in [-0.2, 0) is 17.8 Å². The Labute approximate surface area is 128 Å². The number of carbonyl (C=O) groups is 1. The number of benzene rings is 1. The minimum Gasteiger partial charge on any atom is -0.497 e. The van der Waals surface area contributed by atoms with E-state index in [2.05, 4.69) is 15.2 Å². The van der Waals surface area contributed by atoms with Crippen LogP contribution in [0.5, 0.6) is 5.75 Å². The van der Waals surface area contributed by atoms with Crippen molar-refractivity contribution < 1.29 is 9.53 Å². The summed E-state index contributed by atoms with van der Waals surface area (Å²) in [6, 6.07) is 7.26. The minimum absolute atomic E-state index is 0.0677. The van der Waals surface area contributed by atoms with Gasteiger partial charge in [0.05, 0.1) is 19.2 Å². The number of aromatic nitrogens is 1. The summed E-state index contributed by atoms with van der Waals surface area (Å²) in [7, 11) is 5.61. The van der Waals surface area contributed by atoms with Crippen molar-refractivity contribution in [3.05, 3.63) is 40.3 Å². The van der Waals surface area contributed by atoms with Crippen molar-refractivity contribution in [1.82, 2.24) is 9.88 Å². The Morgan fingerprint density at radius 1 is 1.33 bits per heavy atom. The van der Waals surface area contributed by atoms with E-state index >= 15 is 0 Å². The molecule has 1 amide bonds. The van der Waals surface area contributed by atoms with Crippen LogP contribution in [0.1, 0.15) is 10.7 Å². The molecular formula is C15H19N3O2S. The number of ether oxygens (including phenoxy) is 1. The number of amides is 1. The molecule has 0 aliphatic carbocycles. The Kier molecular flexibility index (Phi) is 5.30. The maximum atomic E-state index is 12.0. The average Bonchev–Trinajstić information content (AvgIpc) is 2.85. The molecule has 0 atom stereocenters. The predicted octanol–water partition coefficient (Wildman–Crippen LogP) is 2.39. The Morgan fingerprint density at radius 2 is 2.05 bits per heavy atom. The Bertz CT molecular complexity index is 593. The highest BCUT2D eigenvalue weighted by Gasteiger charge is 2.08. The van der Waals surface area contributed by atoms with Crippen LogP contribution in [0.4, 0.5) is 5.69 Å². The average molecular weight is 305 g/mol. The van der Waals surface area contributed by atoms with Gasteiger partial charge in [0.15, 0.2) is 0 Å². The van der Waals surface area contributed by atoms with E-state index in [1.54, 1.807) is 18.4 Å². The second-order valence-electron chi connectivity index (χ2n) is 4.92. The van der Waals surface area contributed by atoms with Gasteiger partial charge in [0, 0.05) is 17.6 Å². The molecule has 1 heterocycles. The summed E-state index contributed by atoms with van der Waals surface area (Å²) in [6.45, 7) is 0.796. The zero-order valence-corrected chi connectivity index (χ0v) is 13.2. The number of thiazole rings is 1. The predicted molar refractivity (Wildman–Crippen MR) is 84.8 cm³/mol. The summed E-state index contributed by atoms with van der Waals surface area (Å²) < 4.78 is 5.08. The van der Waals surface area contributed by atoms with Gasteiger partial charge >= 0.3 is 0 Å². The van der Waals surface area contributed by atoms with Gasteiger partial charge in [-0.3, -0.25) is 4.79 Å². The van der Waals surface area contributed by atoms with Crippen molar-refractivity contribution in [2.45, 2.75) is 13.0 Å². The molecular weight excluding hydrogens is 286 g/mol. The van der Waals surface area contributed by atoms with Crippen molar-refractivity contribution in [3.8, 4) is 5.75 Å². The van der Waals surface area contributed by atoms with Crippen molar-refractivity contribution in [3.63, 3.8) is 0 Å². The molecule has 0 saturated carbocycles. The van der Waals surface area contributed by atoms with Gasteiger partial charge in [-0.15, -0.1) is 11.3 Å². The number of rotatable bonds is 6. The Balaban J connectivity index is 1.90. The zero-order valence-electron chi connectivity index (χ0n) is 12.4. The third-order valence-electron chi connectivity index (χ3n) is 2.77. The zero-order chi connectivity index (χ0) is 15.2. The third kappa shape index (κ3) is 4.84. The molecule has 5 nitrogen and oxygen atoms in total. The second kappa shape index (κ2) is 7.19. The molecule has 21 heavy (non-hydrogen) atoms. The highest BCUT2D eigenvalue weighted by molar-refractivity contribution is 7.09. The molecule has 0 aliphatic rings. The molecule has 2 rings (SSSR count). The van der Waals surface area contributed by atoms with Crippen molar-refractivity contribution >= 4 is 22.9 Å². The van der Waals surface area contributed by atoms with Gasteiger partial charge in [0.2, 0.25) is 5.91 Å². The van der Waals surface area contributed by atoms with E-state index in [-0.39, 0.29) is 12.3 Å². The van der Waals surface area contributed by atoms with Crippen LogP contribution in [0.15, 0.2) is 29.6 Å². The molecule has 0 aliphatic heterocycles. The Morgan fingerprint density at radius 3 is 2.67 bits per heavy atom. The van der Waals surface area contributed by atoms with Crippen LogP contribution < -0.4 is 10.1 Å². The number of carbonyl (C=O) groups excluding carboxylic acids is 1. The van der Waals surface area contributed by atoms with Gasteiger partial charge in [-0.2, -0.15) is 0 Å². The largest absolute Gasteiger partial charge is 0.497 e. The topological polar surface area (TPSA) is 54.5 Å². The SMILES string of the molecule is COc1ccc(NC(=O)Cc2csc(CN(C)C)n2)cc1. The van der Waals surface area contributed by atoms with Crippen LogP contribution in [0.25, 0.3) is 0 Å². The third-order valence-corrected chi connectivity index (χ3v) is 3.65. The molecule has 0 bridgehead atoms. The summed E-state index contributed by atoms with van der Waals surface area (Å²) >= 11 is 1.58.